The number of furan rings is 1. The first kappa shape index (κ1) is 16.3. The van der Waals surface area contributed by atoms with E-state index >= 15 is 0 Å². The number of amides is 2. The fourth-order valence-electron chi connectivity index (χ4n) is 1.66. The van der Waals surface area contributed by atoms with Crippen molar-refractivity contribution in [3.63, 3.8) is 0 Å². The highest BCUT2D eigenvalue weighted by Gasteiger charge is 2.29. The monoisotopic (exact) mass is 317 g/mol. The van der Waals surface area contributed by atoms with Gasteiger partial charge < -0.3 is 14.3 Å². The van der Waals surface area contributed by atoms with Crippen LogP contribution in [-0.2, 0) is 4.79 Å². The smallest absolute Gasteiger partial charge is 0.347 e. The second kappa shape index (κ2) is 6.35. The topological polar surface area (TPSA) is 106 Å². The first-order valence-electron chi connectivity index (χ1n) is 6.71. The van der Waals surface area contributed by atoms with E-state index in [-0.39, 0.29) is 11.3 Å². The van der Waals surface area contributed by atoms with Crippen molar-refractivity contribution in [1.82, 2.24) is 5.32 Å². The van der Waals surface area contributed by atoms with Gasteiger partial charge in [0.05, 0.1) is 6.26 Å². The van der Waals surface area contributed by atoms with Crippen LogP contribution in [-0.4, -0.2) is 28.5 Å². The number of nitrogens with one attached hydrogen (secondary N) is 1. The molecule has 0 bridgehead atoms. The Kier molecular flexibility index (Phi) is 4.49. The summed E-state index contributed by atoms with van der Waals surface area (Å²) in [6.07, 6.45) is 1.33. The summed E-state index contributed by atoms with van der Waals surface area (Å²) in [6, 6.07) is 8.74. The lowest BCUT2D eigenvalue weighted by Gasteiger charge is -2.21. The van der Waals surface area contributed by atoms with Gasteiger partial charge in [-0.2, -0.15) is 0 Å². The number of benzene rings is 1. The van der Waals surface area contributed by atoms with Crippen LogP contribution in [0.25, 0.3) is 0 Å². The molecule has 2 amide bonds. The van der Waals surface area contributed by atoms with Crippen LogP contribution < -0.4 is 10.1 Å². The third kappa shape index (κ3) is 3.97. The normalized spacial score (nSPS) is 10.9. The van der Waals surface area contributed by atoms with E-state index in [4.69, 9.17) is 14.3 Å². The molecule has 2 aromatic rings. The maximum atomic E-state index is 11.9. The summed E-state index contributed by atoms with van der Waals surface area (Å²) in [4.78, 5) is 34.6. The quantitative estimate of drug-likeness (QED) is 0.818. The number of carbonyl (C=O) groups excluding carboxylic acids is 2. The van der Waals surface area contributed by atoms with E-state index in [2.05, 4.69) is 5.32 Å². The van der Waals surface area contributed by atoms with Crippen molar-refractivity contribution < 1.29 is 28.6 Å². The van der Waals surface area contributed by atoms with Crippen molar-refractivity contribution in [2.45, 2.75) is 19.4 Å². The molecule has 0 saturated heterocycles. The highest BCUT2D eigenvalue weighted by Crippen LogP contribution is 2.19. The molecule has 1 heterocycles. The number of imide groups is 1. The molecule has 0 fully saturated rings. The SMILES string of the molecule is CC(C)(Oc1ccc(C(=O)NC(=O)c2ccco2)cc1)C(=O)O. The minimum atomic E-state index is -1.39. The van der Waals surface area contributed by atoms with E-state index in [9.17, 15) is 14.4 Å². The van der Waals surface area contributed by atoms with E-state index in [1.165, 1.54) is 56.5 Å². The predicted octanol–water partition coefficient (Wildman–Crippen LogP) is 2.09. The molecule has 0 unspecified atom stereocenters. The number of carbonyl (C=O) groups is 3. The summed E-state index contributed by atoms with van der Waals surface area (Å²) >= 11 is 0. The second-order valence-electron chi connectivity index (χ2n) is 5.20. The summed E-state index contributed by atoms with van der Waals surface area (Å²) in [5, 5.41) is 11.2. The van der Waals surface area contributed by atoms with Crippen LogP contribution in [0.4, 0.5) is 0 Å². The summed E-state index contributed by atoms with van der Waals surface area (Å²) < 4.78 is 10.2. The van der Waals surface area contributed by atoms with E-state index in [0.29, 0.717) is 5.75 Å². The minimum Gasteiger partial charge on any atom is -0.478 e. The van der Waals surface area contributed by atoms with E-state index in [0.717, 1.165) is 0 Å². The first-order valence-corrected chi connectivity index (χ1v) is 6.71. The molecule has 0 saturated carbocycles. The molecule has 0 aliphatic carbocycles. The zero-order valence-electron chi connectivity index (χ0n) is 12.5. The summed E-state index contributed by atoms with van der Waals surface area (Å²) in [6.45, 7) is 2.83. The van der Waals surface area contributed by atoms with Crippen molar-refractivity contribution in [2.75, 3.05) is 0 Å². The van der Waals surface area contributed by atoms with Gasteiger partial charge in [0.15, 0.2) is 11.4 Å². The lowest BCUT2D eigenvalue weighted by molar-refractivity contribution is -0.152. The third-order valence-electron chi connectivity index (χ3n) is 2.98. The maximum Gasteiger partial charge on any atom is 0.347 e. The van der Waals surface area contributed by atoms with E-state index in [1.807, 2.05) is 0 Å². The van der Waals surface area contributed by atoms with Gasteiger partial charge >= 0.3 is 5.97 Å². The summed E-state index contributed by atoms with van der Waals surface area (Å²) in [5.74, 6) is -2.03. The van der Waals surface area contributed by atoms with Gasteiger partial charge in [-0.25, -0.2) is 4.79 Å². The van der Waals surface area contributed by atoms with Gasteiger partial charge in [-0.3, -0.25) is 14.9 Å². The number of carboxylic acid groups (broad SMARTS) is 1. The van der Waals surface area contributed by atoms with Crippen molar-refractivity contribution in [3.8, 4) is 5.75 Å². The third-order valence-corrected chi connectivity index (χ3v) is 2.98. The van der Waals surface area contributed by atoms with Crippen LogP contribution in [0, 0.1) is 0 Å². The van der Waals surface area contributed by atoms with Gasteiger partial charge in [-0.05, 0) is 50.2 Å². The zero-order chi connectivity index (χ0) is 17.0. The van der Waals surface area contributed by atoms with E-state index < -0.39 is 23.4 Å². The number of aliphatic carboxylic acids is 1. The van der Waals surface area contributed by atoms with Crippen LogP contribution in [0.1, 0.15) is 34.8 Å². The van der Waals surface area contributed by atoms with Crippen LogP contribution in [0.3, 0.4) is 0 Å². The Morgan fingerprint density at radius 3 is 2.26 bits per heavy atom. The number of rotatable bonds is 5. The average Bonchev–Trinajstić information content (AvgIpc) is 3.01. The van der Waals surface area contributed by atoms with Crippen LogP contribution in [0.5, 0.6) is 5.75 Å². The molecule has 0 atom stereocenters. The lowest BCUT2D eigenvalue weighted by Crippen LogP contribution is -2.37. The molecule has 120 valence electrons. The maximum absolute atomic E-state index is 11.9. The molecule has 7 nitrogen and oxygen atoms in total. The highest BCUT2D eigenvalue weighted by atomic mass is 16.5. The molecule has 2 N–H and O–H groups in total. The Morgan fingerprint density at radius 1 is 1.09 bits per heavy atom. The molecule has 0 aliphatic rings. The first-order chi connectivity index (χ1) is 10.8. The van der Waals surface area contributed by atoms with Gasteiger partial charge in [-0.15, -0.1) is 0 Å². The summed E-state index contributed by atoms with van der Waals surface area (Å²) in [7, 11) is 0. The Hall–Kier alpha value is -3.09. The van der Waals surface area contributed by atoms with Crippen molar-refractivity contribution >= 4 is 17.8 Å². The van der Waals surface area contributed by atoms with E-state index in [1.54, 1.807) is 0 Å². The minimum absolute atomic E-state index is 0.0292. The Labute approximate surface area is 131 Å². The standard InChI is InChI=1S/C16H15NO6/c1-16(2,15(20)21)23-11-7-5-10(6-8-11)13(18)17-14(19)12-4-3-9-22-12/h3-9H,1-2H3,(H,20,21)(H,17,18,19). The fourth-order valence-corrected chi connectivity index (χ4v) is 1.66. The molecule has 1 aromatic carbocycles. The Balaban J connectivity index is 2.03. The summed E-state index contributed by atoms with van der Waals surface area (Å²) in [5.41, 5.74) is -1.16. The largest absolute Gasteiger partial charge is 0.478 e. The highest BCUT2D eigenvalue weighted by molar-refractivity contribution is 6.09. The van der Waals surface area contributed by atoms with Crippen LogP contribution in [0.15, 0.2) is 47.1 Å². The Morgan fingerprint density at radius 2 is 1.74 bits per heavy atom. The number of carboxylic acids is 1. The molecule has 7 heteroatoms. The zero-order valence-corrected chi connectivity index (χ0v) is 12.5. The Bertz CT molecular complexity index is 716. The average molecular weight is 317 g/mol. The van der Waals surface area contributed by atoms with Gasteiger partial charge in [0, 0.05) is 5.56 Å². The molecular formula is C16H15NO6. The van der Waals surface area contributed by atoms with Crippen LogP contribution >= 0.6 is 0 Å². The van der Waals surface area contributed by atoms with Crippen molar-refractivity contribution in [3.05, 3.63) is 54.0 Å². The fraction of sp³-hybridized carbons (Fsp3) is 0.188. The number of ether oxygens (including phenoxy) is 1. The molecular weight excluding hydrogens is 302 g/mol. The molecule has 0 spiro atoms. The second-order valence-corrected chi connectivity index (χ2v) is 5.20. The van der Waals surface area contributed by atoms with Crippen molar-refractivity contribution in [2.24, 2.45) is 0 Å². The molecule has 23 heavy (non-hydrogen) atoms. The predicted molar refractivity (Wildman–Crippen MR) is 79.3 cm³/mol. The molecule has 1 aromatic heterocycles. The van der Waals surface area contributed by atoms with Gasteiger partial charge in [0.2, 0.25) is 0 Å². The number of hydrogen-bond acceptors (Lipinski definition) is 5. The molecule has 2 rings (SSSR count). The van der Waals surface area contributed by atoms with Gasteiger partial charge in [-0.1, -0.05) is 0 Å². The van der Waals surface area contributed by atoms with Gasteiger partial charge in [0.25, 0.3) is 11.8 Å². The number of hydrogen-bond donors (Lipinski definition) is 2. The van der Waals surface area contributed by atoms with Gasteiger partial charge in [0.1, 0.15) is 5.75 Å². The van der Waals surface area contributed by atoms with Crippen LogP contribution in [0.2, 0.25) is 0 Å². The van der Waals surface area contributed by atoms with Crippen molar-refractivity contribution in [1.29, 1.82) is 0 Å². The molecule has 0 aliphatic heterocycles. The lowest BCUT2D eigenvalue weighted by atomic mass is 10.1. The molecule has 0 radical (unpaired) electrons.